The van der Waals surface area contributed by atoms with Crippen LogP contribution < -0.4 is 10.1 Å². The van der Waals surface area contributed by atoms with Crippen molar-refractivity contribution in [1.29, 1.82) is 0 Å². The molecule has 19 heavy (non-hydrogen) atoms. The Bertz CT molecular complexity index is 555. The zero-order valence-corrected chi connectivity index (χ0v) is 11.2. The van der Waals surface area contributed by atoms with E-state index in [1.54, 1.807) is 16.9 Å². The Morgan fingerprint density at radius 2 is 2.26 bits per heavy atom. The van der Waals surface area contributed by atoms with Crippen LogP contribution in [0.3, 0.4) is 0 Å². The molecule has 0 aliphatic heterocycles. The number of ether oxygens (including phenoxy) is 1. The van der Waals surface area contributed by atoms with Crippen molar-refractivity contribution in [2.45, 2.75) is 13.0 Å². The van der Waals surface area contributed by atoms with E-state index < -0.39 is 0 Å². The molecule has 1 atom stereocenters. The summed E-state index contributed by atoms with van der Waals surface area (Å²) in [6, 6.07) is 4.78. The minimum Gasteiger partial charge on any atom is -0.494 e. The number of aryl methyl sites for hydroxylation is 1. The molecule has 0 bridgehead atoms. The van der Waals surface area contributed by atoms with Gasteiger partial charge in [-0.3, -0.25) is 4.68 Å². The highest BCUT2D eigenvalue weighted by molar-refractivity contribution is 5.34. The number of rotatable bonds is 5. The van der Waals surface area contributed by atoms with Gasteiger partial charge >= 0.3 is 0 Å². The number of nitrogens with one attached hydrogen (secondary N) is 1. The molecule has 102 valence electrons. The van der Waals surface area contributed by atoms with E-state index in [-0.39, 0.29) is 17.6 Å². The van der Waals surface area contributed by atoms with E-state index >= 15 is 0 Å². The molecule has 0 saturated heterocycles. The van der Waals surface area contributed by atoms with Crippen molar-refractivity contribution < 1.29 is 9.13 Å². The van der Waals surface area contributed by atoms with Crippen LogP contribution in [0.15, 0.2) is 24.4 Å². The summed E-state index contributed by atoms with van der Waals surface area (Å²) in [5, 5.41) is 11.1. The van der Waals surface area contributed by atoms with E-state index in [0.717, 1.165) is 17.8 Å². The number of hydrogen-bond donors (Lipinski definition) is 1. The van der Waals surface area contributed by atoms with Gasteiger partial charge < -0.3 is 10.1 Å². The van der Waals surface area contributed by atoms with Crippen LogP contribution in [0.1, 0.15) is 24.2 Å². The smallest absolute Gasteiger partial charge is 0.165 e. The van der Waals surface area contributed by atoms with Gasteiger partial charge in [-0.15, -0.1) is 5.10 Å². The normalized spacial score (nSPS) is 12.4. The molecule has 0 amide bonds. The van der Waals surface area contributed by atoms with Crippen LogP contribution in [0.2, 0.25) is 0 Å². The average molecular weight is 264 g/mol. The van der Waals surface area contributed by atoms with Gasteiger partial charge in [0.25, 0.3) is 0 Å². The molecule has 2 aromatic rings. The van der Waals surface area contributed by atoms with Crippen molar-refractivity contribution >= 4 is 0 Å². The molecule has 1 N–H and O–H groups in total. The lowest BCUT2D eigenvalue weighted by molar-refractivity contribution is 0.385. The van der Waals surface area contributed by atoms with Gasteiger partial charge in [-0.25, -0.2) is 4.39 Å². The Morgan fingerprint density at radius 1 is 1.47 bits per heavy atom. The third-order valence-electron chi connectivity index (χ3n) is 2.96. The standard InChI is InChI=1S/C13H17FN4O/c1-4-15-13(11-8-16-17-18(11)2)9-5-6-12(19-3)10(14)7-9/h5-8,13,15H,4H2,1-3H3. The van der Waals surface area contributed by atoms with Crippen LogP contribution in [0, 0.1) is 5.82 Å². The Kier molecular flexibility index (Phi) is 4.11. The average Bonchev–Trinajstić information content (AvgIpc) is 2.82. The van der Waals surface area contributed by atoms with Gasteiger partial charge in [0.2, 0.25) is 0 Å². The molecule has 1 aromatic carbocycles. The van der Waals surface area contributed by atoms with E-state index in [1.165, 1.54) is 13.2 Å². The number of hydrogen-bond acceptors (Lipinski definition) is 4. The number of methoxy groups -OCH3 is 1. The fourth-order valence-corrected chi connectivity index (χ4v) is 2.02. The Morgan fingerprint density at radius 3 is 2.79 bits per heavy atom. The Labute approximate surface area is 111 Å². The molecular weight excluding hydrogens is 247 g/mol. The zero-order chi connectivity index (χ0) is 13.8. The minimum absolute atomic E-state index is 0.148. The summed E-state index contributed by atoms with van der Waals surface area (Å²) in [4.78, 5) is 0. The van der Waals surface area contributed by atoms with E-state index in [2.05, 4.69) is 15.6 Å². The molecule has 0 fully saturated rings. The van der Waals surface area contributed by atoms with Crippen molar-refractivity contribution in [2.75, 3.05) is 13.7 Å². The second-order valence-electron chi connectivity index (χ2n) is 4.17. The van der Waals surface area contributed by atoms with Crippen LogP contribution in [0.5, 0.6) is 5.75 Å². The highest BCUT2D eigenvalue weighted by atomic mass is 19.1. The molecule has 5 nitrogen and oxygen atoms in total. The summed E-state index contributed by atoms with van der Waals surface area (Å²) in [6.45, 7) is 2.75. The van der Waals surface area contributed by atoms with Crippen molar-refractivity contribution in [1.82, 2.24) is 20.3 Å². The highest BCUT2D eigenvalue weighted by Gasteiger charge is 2.18. The van der Waals surface area contributed by atoms with E-state index in [1.807, 2.05) is 20.0 Å². The van der Waals surface area contributed by atoms with Crippen molar-refractivity contribution in [3.8, 4) is 5.75 Å². The summed E-state index contributed by atoms with van der Waals surface area (Å²) < 4.78 is 20.4. The predicted octanol–water partition coefficient (Wildman–Crippen LogP) is 1.66. The summed E-state index contributed by atoms with van der Waals surface area (Å²) in [6.07, 6.45) is 1.68. The maximum atomic E-state index is 13.8. The predicted molar refractivity (Wildman–Crippen MR) is 69.5 cm³/mol. The van der Waals surface area contributed by atoms with Crippen LogP contribution >= 0.6 is 0 Å². The maximum Gasteiger partial charge on any atom is 0.165 e. The van der Waals surface area contributed by atoms with Gasteiger partial charge in [-0.2, -0.15) is 0 Å². The summed E-state index contributed by atoms with van der Waals surface area (Å²) in [7, 11) is 3.26. The lowest BCUT2D eigenvalue weighted by Gasteiger charge is -2.18. The van der Waals surface area contributed by atoms with Crippen molar-refractivity contribution in [3.05, 3.63) is 41.5 Å². The van der Waals surface area contributed by atoms with Crippen LogP contribution in [-0.4, -0.2) is 28.6 Å². The third-order valence-corrected chi connectivity index (χ3v) is 2.96. The molecule has 1 heterocycles. The maximum absolute atomic E-state index is 13.8. The first-order chi connectivity index (χ1) is 9.17. The minimum atomic E-state index is -0.377. The van der Waals surface area contributed by atoms with Gasteiger partial charge in [0.05, 0.1) is 25.0 Å². The number of benzene rings is 1. The van der Waals surface area contributed by atoms with Crippen LogP contribution in [0.4, 0.5) is 4.39 Å². The summed E-state index contributed by atoms with van der Waals surface area (Å²) >= 11 is 0. The molecular formula is C13H17FN4O. The van der Waals surface area contributed by atoms with Gasteiger partial charge in [0.15, 0.2) is 11.6 Å². The molecule has 0 saturated carbocycles. The van der Waals surface area contributed by atoms with Gasteiger partial charge in [-0.05, 0) is 24.2 Å². The fraction of sp³-hybridized carbons (Fsp3) is 0.385. The number of nitrogens with zero attached hydrogens (tertiary/aromatic N) is 3. The first-order valence-electron chi connectivity index (χ1n) is 6.08. The molecule has 0 aliphatic rings. The quantitative estimate of drug-likeness (QED) is 0.892. The highest BCUT2D eigenvalue weighted by Crippen LogP contribution is 2.25. The fourth-order valence-electron chi connectivity index (χ4n) is 2.02. The first-order valence-corrected chi connectivity index (χ1v) is 6.08. The topological polar surface area (TPSA) is 52.0 Å². The number of halogens is 1. The monoisotopic (exact) mass is 264 g/mol. The molecule has 1 unspecified atom stereocenters. The largest absolute Gasteiger partial charge is 0.494 e. The van der Waals surface area contributed by atoms with Gasteiger partial charge in [0.1, 0.15) is 0 Å². The van der Waals surface area contributed by atoms with Crippen LogP contribution in [0.25, 0.3) is 0 Å². The second-order valence-corrected chi connectivity index (χ2v) is 4.17. The third kappa shape index (κ3) is 2.73. The van der Waals surface area contributed by atoms with E-state index in [0.29, 0.717) is 0 Å². The zero-order valence-electron chi connectivity index (χ0n) is 11.2. The first kappa shape index (κ1) is 13.5. The Hall–Kier alpha value is -1.95. The number of aromatic nitrogens is 3. The van der Waals surface area contributed by atoms with Crippen molar-refractivity contribution in [3.63, 3.8) is 0 Å². The lowest BCUT2D eigenvalue weighted by atomic mass is 10.0. The van der Waals surface area contributed by atoms with Crippen LogP contribution in [-0.2, 0) is 7.05 Å². The van der Waals surface area contributed by atoms with Gasteiger partial charge in [-0.1, -0.05) is 18.2 Å². The van der Waals surface area contributed by atoms with E-state index in [9.17, 15) is 4.39 Å². The summed E-state index contributed by atoms with van der Waals surface area (Å²) in [5.41, 5.74) is 1.69. The SMILES string of the molecule is CCNC(c1ccc(OC)c(F)c1)c1cnnn1C. The summed E-state index contributed by atoms with van der Waals surface area (Å²) in [5.74, 6) is -0.139. The molecule has 6 heteroatoms. The second kappa shape index (κ2) is 5.79. The Balaban J connectivity index is 2.39. The molecule has 0 aliphatic carbocycles. The van der Waals surface area contributed by atoms with Gasteiger partial charge in [0, 0.05) is 7.05 Å². The lowest BCUT2D eigenvalue weighted by Crippen LogP contribution is -2.24. The molecule has 2 rings (SSSR count). The molecule has 0 radical (unpaired) electrons. The van der Waals surface area contributed by atoms with E-state index in [4.69, 9.17) is 4.74 Å². The van der Waals surface area contributed by atoms with Crippen molar-refractivity contribution in [2.24, 2.45) is 7.05 Å². The molecule has 1 aromatic heterocycles. The molecule has 0 spiro atoms.